The van der Waals surface area contributed by atoms with Gasteiger partial charge in [0.05, 0.1) is 17.8 Å². The molecule has 0 aromatic heterocycles. The number of carboxylic acids is 1. The molecule has 0 radical (unpaired) electrons. The summed E-state index contributed by atoms with van der Waals surface area (Å²) in [6.45, 7) is 4.23. The molecule has 4 rings (SSSR count). The first-order valence-electron chi connectivity index (χ1n) is 10.3. The largest absolute Gasteiger partial charge is 0.490 e. The Morgan fingerprint density at radius 2 is 2.06 bits per heavy atom. The van der Waals surface area contributed by atoms with Crippen molar-refractivity contribution in [1.29, 1.82) is 0 Å². The van der Waals surface area contributed by atoms with Crippen molar-refractivity contribution in [3.8, 4) is 0 Å². The number of rotatable bonds is 6. The molecule has 7 heteroatoms. The molecule has 0 spiro atoms. The maximum absolute atomic E-state index is 11.1. The highest BCUT2D eigenvalue weighted by atomic mass is 35.5. The van der Waals surface area contributed by atoms with Crippen LogP contribution in [0.3, 0.4) is 0 Å². The minimum absolute atomic E-state index is 0.00508. The van der Waals surface area contributed by atoms with Gasteiger partial charge in [0.2, 0.25) is 0 Å². The summed E-state index contributed by atoms with van der Waals surface area (Å²) in [6.07, 6.45) is 3.93. The van der Waals surface area contributed by atoms with Crippen LogP contribution in [0.25, 0.3) is 0 Å². The SMILES string of the molecule is C[C@H](NC1C2=C(C=CN1C)OCCN2Cc1cccc(Cl)c1)c1ccc(C(=O)O)cc1. The van der Waals surface area contributed by atoms with Gasteiger partial charge in [-0.25, -0.2) is 4.79 Å². The van der Waals surface area contributed by atoms with Gasteiger partial charge in [0.1, 0.15) is 18.5 Å². The number of allylic oxidation sites excluding steroid dienone is 1. The molecule has 2 aromatic rings. The first kappa shape index (κ1) is 21.3. The van der Waals surface area contributed by atoms with Gasteiger partial charge in [-0.05, 0) is 48.4 Å². The molecule has 0 aliphatic carbocycles. The molecular formula is C24H26ClN3O3. The molecule has 0 fully saturated rings. The summed E-state index contributed by atoms with van der Waals surface area (Å²) in [4.78, 5) is 15.6. The zero-order chi connectivity index (χ0) is 22.0. The summed E-state index contributed by atoms with van der Waals surface area (Å²) < 4.78 is 5.97. The highest BCUT2D eigenvalue weighted by Gasteiger charge is 2.33. The predicted octanol–water partition coefficient (Wildman–Crippen LogP) is 4.22. The van der Waals surface area contributed by atoms with Crippen LogP contribution in [0.4, 0.5) is 0 Å². The van der Waals surface area contributed by atoms with Crippen LogP contribution in [0.2, 0.25) is 5.02 Å². The summed E-state index contributed by atoms with van der Waals surface area (Å²) in [6, 6.07) is 14.9. The third kappa shape index (κ3) is 4.70. The molecule has 1 unspecified atom stereocenters. The van der Waals surface area contributed by atoms with E-state index in [0.29, 0.717) is 6.61 Å². The summed E-state index contributed by atoms with van der Waals surface area (Å²) >= 11 is 6.20. The molecule has 162 valence electrons. The Kier molecular flexibility index (Phi) is 6.20. The van der Waals surface area contributed by atoms with Crippen molar-refractivity contribution >= 4 is 17.6 Å². The molecule has 2 aromatic carbocycles. The van der Waals surface area contributed by atoms with Gasteiger partial charge in [0.15, 0.2) is 0 Å². The Bertz CT molecular complexity index is 1020. The van der Waals surface area contributed by atoms with Crippen LogP contribution in [0, 0.1) is 0 Å². The number of halogens is 1. The third-order valence-corrected chi connectivity index (χ3v) is 5.90. The van der Waals surface area contributed by atoms with Crippen LogP contribution < -0.4 is 5.32 Å². The molecule has 2 heterocycles. The van der Waals surface area contributed by atoms with Gasteiger partial charge in [-0.2, -0.15) is 0 Å². The molecule has 0 amide bonds. The van der Waals surface area contributed by atoms with Gasteiger partial charge in [-0.3, -0.25) is 5.32 Å². The lowest BCUT2D eigenvalue weighted by Gasteiger charge is -2.43. The number of carboxylic acid groups (broad SMARTS) is 1. The van der Waals surface area contributed by atoms with Crippen molar-refractivity contribution < 1.29 is 14.6 Å². The quantitative estimate of drug-likeness (QED) is 0.702. The van der Waals surface area contributed by atoms with Crippen molar-refractivity contribution in [3.05, 3.63) is 94.0 Å². The summed E-state index contributed by atoms with van der Waals surface area (Å²) in [5.74, 6) is -0.0487. The third-order valence-electron chi connectivity index (χ3n) is 5.67. The topological polar surface area (TPSA) is 65.0 Å². The highest BCUT2D eigenvalue weighted by molar-refractivity contribution is 6.30. The van der Waals surface area contributed by atoms with Gasteiger partial charge >= 0.3 is 5.97 Å². The number of hydrogen-bond acceptors (Lipinski definition) is 5. The summed E-state index contributed by atoms with van der Waals surface area (Å²) in [5, 5.41) is 13.6. The lowest BCUT2D eigenvalue weighted by molar-refractivity contribution is 0.0696. The predicted molar refractivity (Wildman–Crippen MR) is 120 cm³/mol. The van der Waals surface area contributed by atoms with Crippen LogP contribution in [-0.4, -0.2) is 47.2 Å². The molecule has 0 saturated heterocycles. The van der Waals surface area contributed by atoms with E-state index >= 15 is 0 Å². The Hall–Kier alpha value is -2.96. The van der Waals surface area contributed by atoms with E-state index in [1.807, 2.05) is 49.7 Å². The van der Waals surface area contributed by atoms with Crippen molar-refractivity contribution in [3.63, 3.8) is 0 Å². The van der Waals surface area contributed by atoms with E-state index in [2.05, 4.69) is 28.1 Å². The molecule has 2 aliphatic heterocycles. The van der Waals surface area contributed by atoms with Gasteiger partial charge in [-0.15, -0.1) is 0 Å². The van der Waals surface area contributed by atoms with Crippen LogP contribution in [-0.2, 0) is 11.3 Å². The maximum atomic E-state index is 11.1. The van der Waals surface area contributed by atoms with Crippen molar-refractivity contribution in [2.75, 3.05) is 20.2 Å². The first-order chi connectivity index (χ1) is 14.9. The van der Waals surface area contributed by atoms with E-state index in [4.69, 9.17) is 21.4 Å². The molecule has 31 heavy (non-hydrogen) atoms. The van der Waals surface area contributed by atoms with E-state index in [1.165, 1.54) is 0 Å². The van der Waals surface area contributed by atoms with Crippen molar-refractivity contribution in [1.82, 2.24) is 15.1 Å². The number of aromatic carboxylic acids is 1. The molecule has 0 saturated carbocycles. The monoisotopic (exact) mass is 439 g/mol. The zero-order valence-electron chi connectivity index (χ0n) is 17.6. The average Bonchev–Trinajstić information content (AvgIpc) is 2.76. The molecule has 2 atom stereocenters. The van der Waals surface area contributed by atoms with E-state index in [-0.39, 0.29) is 17.8 Å². The number of likely N-dealkylation sites (N-methyl/N-ethyl adjacent to an activating group) is 1. The fourth-order valence-electron chi connectivity index (χ4n) is 3.99. The lowest BCUT2D eigenvalue weighted by atomic mass is 10.0. The highest BCUT2D eigenvalue weighted by Crippen LogP contribution is 2.30. The summed E-state index contributed by atoms with van der Waals surface area (Å²) in [5.41, 5.74) is 3.54. The second kappa shape index (κ2) is 9.04. The zero-order valence-corrected chi connectivity index (χ0v) is 18.3. The maximum Gasteiger partial charge on any atom is 0.335 e. The van der Waals surface area contributed by atoms with E-state index < -0.39 is 5.97 Å². The fourth-order valence-corrected chi connectivity index (χ4v) is 4.20. The number of hydrogen-bond donors (Lipinski definition) is 2. The molecule has 6 nitrogen and oxygen atoms in total. The second-order valence-electron chi connectivity index (χ2n) is 7.85. The van der Waals surface area contributed by atoms with Crippen molar-refractivity contribution in [2.45, 2.75) is 25.7 Å². The number of ether oxygens (including phenoxy) is 1. The van der Waals surface area contributed by atoms with Gasteiger partial charge in [0, 0.05) is 30.9 Å². The second-order valence-corrected chi connectivity index (χ2v) is 8.29. The fraction of sp³-hybridized carbons (Fsp3) is 0.292. The van der Waals surface area contributed by atoms with Crippen molar-refractivity contribution in [2.24, 2.45) is 0 Å². The summed E-state index contributed by atoms with van der Waals surface area (Å²) in [7, 11) is 2.03. The lowest BCUT2D eigenvalue weighted by Crippen LogP contribution is -2.51. The minimum atomic E-state index is -0.921. The Balaban J connectivity index is 1.57. The number of nitrogens with zero attached hydrogens (tertiary/aromatic N) is 2. The smallest absolute Gasteiger partial charge is 0.335 e. The van der Waals surface area contributed by atoms with Gasteiger partial charge < -0.3 is 19.6 Å². The van der Waals surface area contributed by atoms with E-state index in [0.717, 1.165) is 40.7 Å². The van der Waals surface area contributed by atoms with E-state index in [1.54, 1.807) is 12.1 Å². The Labute approximate surface area is 187 Å². The molecular weight excluding hydrogens is 414 g/mol. The molecule has 0 bridgehead atoms. The van der Waals surface area contributed by atoms with Crippen LogP contribution in [0.15, 0.2) is 72.3 Å². The molecule has 2 aliphatic rings. The van der Waals surface area contributed by atoms with Crippen LogP contribution in [0.5, 0.6) is 0 Å². The number of benzene rings is 2. The van der Waals surface area contributed by atoms with Crippen LogP contribution in [0.1, 0.15) is 34.5 Å². The van der Waals surface area contributed by atoms with Gasteiger partial charge in [-0.1, -0.05) is 35.9 Å². The number of nitrogens with one attached hydrogen (secondary N) is 1. The van der Waals surface area contributed by atoms with Crippen LogP contribution >= 0.6 is 11.6 Å². The van der Waals surface area contributed by atoms with Gasteiger partial charge in [0.25, 0.3) is 0 Å². The Morgan fingerprint density at radius 3 is 2.77 bits per heavy atom. The first-order valence-corrected chi connectivity index (χ1v) is 10.7. The minimum Gasteiger partial charge on any atom is -0.490 e. The standard InChI is InChI=1S/C24H26ClN3O3/c1-16(18-6-8-19(9-7-18)24(29)30)26-23-22-21(10-11-27(23)2)31-13-12-28(22)15-17-4-3-5-20(25)14-17/h3-11,14,16,23,26H,12-13,15H2,1-2H3,(H,29,30)/t16-,23?/m0/s1. The Morgan fingerprint density at radius 1 is 1.29 bits per heavy atom. The average molecular weight is 440 g/mol. The number of carbonyl (C=O) groups is 1. The normalized spacial score (nSPS) is 19.1. The molecule has 2 N–H and O–H groups in total. The van der Waals surface area contributed by atoms with E-state index in [9.17, 15) is 4.79 Å².